The third-order valence-corrected chi connectivity index (χ3v) is 4.52. The largest absolute Gasteiger partial charge is 0.368 e. The number of nitrogens with one attached hydrogen (secondary N) is 1. The molecule has 4 nitrogen and oxygen atoms in total. The lowest BCUT2D eigenvalue weighted by Crippen LogP contribution is -2.48. The number of H-pyrrole nitrogens is 1. The highest BCUT2D eigenvalue weighted by Crippen LogP contribution is 2.19. The number of benzene rings is 2. The Morgan fingerprint density at radius 2 is 1.67 bits per heavy atom. The average Bonchev–Trinajstić information content (AvgIpc) is 3.06. The van der Waals surface area contributed by atoms with Gasteiger partial charge in [0.1, 0.15) is 11.5 Å². The highest BCUT2D eigenvalue weighted by atomic mass is 19.1. The zero-order valence-corrected chi connectivity index (χ0v) is 13.2. The number of rotatable bonds is 2. The minimum atomic E-state index is -0.230. The monoisotopic (exact) mass is 323 g/mol. The van der Waals surface area contributed by atoms with Crippen molar-refractivity contribution < 1.29 is 9.18 Å². The van der Waals surface area contributed by atoms with Crippen LogP contribution in [0.15, 0.2) is 54.6 Å². The number of aromatic amines is 1. The molecule has 122 valence electrons. The van der Waals surface area contributed by atoms with Crippen molar-refractivity contribution in [3.05, 3.63) is 66.1 Å². The number of hydrogen-bond acceptors (Lipinski definition) is 2. The molecule has 0 aliphatic carbocycles. The molecule has 1 amide bonds. The van der Waals surface area contributed by atoms with Gasteiger partial charge < -0.3 is 14.8 Å². The van der Waals surface area contributed by atoms with Crippen LogP contribution in [0, 0.1) is 5.82 Å². The van der Waals surface area contributed by atoms with Gasteiger partial charge >= 0.3 is 0 Å². The van der Waals surface area contributed by atoms with Crippen molar-refractivity contribution >= 4 is 22.5 Å². The quantitative estimate of drug-likeness (QED) is 0.786. The number of aromatic nitrogens is 1. The van der Waals surface area contributed by atoms with Crippen LogP contribution in [0.1, 0.15) is 10.5 Å². The number of piperazine rings is 1. The second-order valence-corrected chi connectivity index (χ2v) is 6.03. The fourth-order valence-electron chi connectivity index (χ4n) is 3.18. The molecule has 5 heteroatoms. The molecule has 0 bridgehead atoms. The van der Waals surface area contributed by atoms with Crippen molar-refractivity contribution in [2.75, 3.05) is 31.1 Å². The lowest BCUT2D eigenvalue weighted by Gasteiger charge is -2.36. The summed E-state index contributed by atoms with van der Waals surface area (Å²) >= 11 is 0. The number of hydrogen-bond donors (Lipinski definition) is 1. The fraction of sp³-hybridized carbons (Fsp3) is 0.211. The molecular weight excluding hydrogens is 305 g/mol. The number of amides is 1. The molecule has 1 aromatic heterocycles. The van der Waals surface area contributed by atoms with Crippen molar-refractivity contribution in [1.82, 2.24) is 9.88 Å². The molecule has 4 rings (SSSR count). The van der Waals surface area contributed by atoms with Gasteiger partial charge in [-0.05, 0) is 36.4 Å². The van der Waals surface area contributed by atoms with E-state index in [1.165, 1.54) is 12.1 Å². The predicted octanol–water partition coefficient (Wildman–Crippen LogP) is 3.27. The van der Waals surface area contributed by atoms with Crippen LogP contribution >= 0.6 is 0 Å². The molecule has 1 saturated heterocycles. The standard InChI is InChI=1S/C19H18FN3O/c20-15-5-7-16(8-6-15)22-9-11-23(12-10-22)19(24)18-13-14-3-1-2-4-17(14)21-18/h1-8,13,21H,9-12H2. The minimum absolute atomic E-state index is 0.0324. The van der Waals surface area contributed by atoms with Crippen LogP contribution in [0.5, 0.6) is 0 Å². The molecule has 1 aliphatic rings. The molecule has 1 aliphatic heterocycles. The van der Waals surface area contributed by atoms with Crippen molar-refractivity contribution in [2.24, 2.45) is 0 Å². The first-order chi connectivity index (χ1) is 11.7. The minimum Gasteiger partial charge on any atom is -0.368 e. The maximum atomic E-state index is 13.0. The first-order valence-electron chi connectivity index (χ1n) is 8.08. The molecule has 2 heterocycles. The summed E-state index contributed by atoms with van der Waals surface area (Å²) in [6, 6.07) is 16.3. The maximum absolute atomic E-state index is 13.0. The number of halogens is 1. The lowest BCUT2D eigenvalue weighted by molar-refractivity contribution is 0.0742. The molecule has 2 aromatic carbocycles. The van der Waals surface area contributed by atoms with E-state index in [9.17, 15) is 9.18 Å². The SMILES string of the molecule is O=C(c1cc2ccccc2[nH]1)N1CCN(c2ccc(F)cc2)CC1. The lowest BCUT2D eigenvalue weighted by atomic mass is 10.2. The number of carbonyl (C=O) groups is 1. The van der Waals surface area contributed by atoms with Crippen molar-refractivity contribution in [2.45, 2.75) is 0 Å². The molecular formula is C19H18FN3O. The summed E-state index contributed by atoms with van der Waals surface area (Å²) in [6.07, 6.45) is 0. The molecule has 0 saturated carbocycles. The van der Waals surface area contributed by atoms with E-state index in [-0.39, 0.29) is 11.7 Å². The predicted molar refractivity (Wildman–Crippen MR) is 92.8 cm³/mol. The van der Waals surface area contributed by atoms with Crippen LogP contribution < -0.4 is 4.90 Å². The molecule has 1 N–H and O–H groups in total. The van der Waals surface area contributed by atoms with Gasteiger partial charge in [-0.3, -0.25) is 4.79 Å². The van der Waals surface area contributed by atoms with E-state index in [1.54, 1.807) is 12.1 Å². The van der Waals surface area contributed by atoms with Gasteiger partial charge in [0.2, 0.25) is 0 Å². The van der Waals surface area contributed by atoms with E-state index in [2.05, 4.69) is 9.88 Å². The summed E-state index contributed by atoms with van der Waals surface area (Å²) in [5.41, 5.74) is 2.60. The summed E-state index contributed by atoms with van der Waals surface area (Å²) in [6.45, 7) is 2.81. The van der Waals surface area contributed by atoms with Crippen LogP contribution in [-0.2, 0) is 0 Å². The summed E-state index contributed by atoms with van der Waals surface area (Å²) in [5, 5.41) is 1.05. The molecule has 0 unspecified atom stereocenters. The Hall–Kier alpha value is -2.82. The van der Waals surface area contributed by atoms with Crippen LogP contribution in [-0.4, -0.2) is 42.0 Å². The summed E-state index contributed by atoms with van der Waals surface area (Å²) in [7, 11) is 0. The van der Waals surface area contributed by atoms with Crippen LogP contribution in [0.2, 0.25) is 0 Å². The van der Waals surface area contributed by atoms with E-state index in [0.29, 0.717) is 18.8 Å². The summed E-state index contributed by atoms with van der Waals surface area (Å²) in [4.78, 5) is 19.9. The number of nitrogens with zero attached hydrogens (tertiary/aromatic N) is 2. The van der Waals surface area contributed by atoms with E-state index in [0.717, 1.165) is 29.7 Å². The molecule has 24 heavy (non-hydrogen) atoms. The van der Waals surface area contributed by atoms with E-state index >= 15 is 0 Å². The van der Waals surface area contributed by atoms with Crippen molar-refractivity contribution in [3.8, 4) is 0 Å². The van der Waals surface area contributed by atoms with Crippen LogP contribution in [0.25, 0.3) is 10.9 Å². The normalized spacial score (nSPS) is 15.0. The molecule has 0 radical (unpaired) electrons. The Kier molecular flexibility index (Phi) is 3.69. The van der Waals surface area contributed by atoms with Gasteiger partial charge in [-0.2, -0.15) is 0 Å². The van der Waals surface area contributed by atoms with E-state index in [4.69, 9.17) is 0 Å². The van der Waals surface area contributed by atoms with E-state index < -0.39 is 0 Å². The zero-order valence-electron chi connectivity index (χ0n) is 13.2. The maximum Gasteiger partial charge on any atom is 0.270 e. The smallest absolute Gasteiger partial charge is 0.270 e. The van der Waals surface area contributed by atoms with Gasteiger partial charge in [0, 0.05) is 42.8 Å². The Bertz CT molecular complexity index is 831. The Morgan fingerprint density at radius 3 is 2.38 bits per heavy atom. The zero-order chi connectivity index (χ0) is 16.5. The molecule has 0 spiro atoms. The number of fused-ring (bicyclic) bond motifs is 1. The topological polar surface area (TPSA) is 39.3 Å². The highest BCUT2D eigenvalue weighted by molar-refractivity contribution is 5.98. The Balaban J connectivity index is 1.45. The van der Waals surface area contributed by atoms with Crippen LogP contribution in [0.3, 0.4) is 0 Å². The summed E-state index contributed by atoms with van der Waals surface area (Å²) < 4.78 is 13.0. The molecule has 0 atom stereocenters. The third kappa shape index (κ3) is 2.73. The van der Waals surface area contributed by atoms with Gasteiger partial charge in [0.15, 0.2) is 0 Å². The first kappa shape index (κ1) is 14.8. The summed E-state index contributed by atoms with van der Waals surface area (Å²) in [5.74, 6) is -0.198. The van der Waals surface area contributed by atoms with Crippen molar-refractivity contribution in [3.63, 3.8) is 0 Å². The average molecular weight is 323 g/mol. The van der Waals surface area contributed by atoms with Crippen molar-refractivity contribution in [1.29, 1.82) is 0 Å². The Morgan fingerprint density at radius 1 is 0.958 bits per heavy atom. The first-order valence-corrected chi connectivity index (χ1v) is 8.08. The number of carbonyl (C=O) groups excluding carboxylic acids is 1. The Labute approximate surface area is 139 Å². The van der Waals surface area contributed by atoms with Gasteiger partial charge in [-0.1, -0.05) is 18.2 Å². The van der Waals surface area contributed by atoms with Gasteiger partial charge in [-0.25, -0.2) is 4.39 Å². The number of para-hydroxylation sites is 1. The molecule has 1 fully saturated rings. The second kappa shape index (κ2) is 6.00. The van der Waals surface area contributed by atoms with Gasteiger partial charge in [0.25, 0.3) is 5.91 Å². The molecule has 3 aromatic rings. The van der Waals surface area contributed by atoms with Crippen LogP contribution in [0.4, 0.5) is 10.1 Å². The van der Waals surface area contributed by atoms with Gasteiger partial charge in [0.05, 0.1) is 0 Å². The second-order valence-electron chi connectivity index (χ2n) is 6.03. The third-order valence-electron chi connectivity index (χ3n) is 4.52. The van der Waals surface area contributed by atoms with E-state index in [1.807, 2.05) is 35.2 Å². The van der Waals surface area contributed by atoms with Gasteiger partial charge in [-0.15, -0.1) is 0 Å². The number of anilines is 1. The highest BCUT2D eigenvalue weighted by Gasteiger charge is 2.23. The fourth-order valence-corrected chi connectivity index (χ4v) is 3.18.